The number of hydrogen-bond donors (Lipinski definition) is 1. The van der Waals surface area contributed by atoms with Crippen molar-refractivity contribution in [3.05, 3.63) is 59.2 Å². The van der Waals surface area contributed by atoms with Gasteiger partial charge >= 0.3 is 0 Å². The molecule has 0 bridgehead atoms. The normalized spacial score (nSPS) is 16.6. The molecule has 3 rings (SSSR count). The minimum Gasteiger partial charge on any atom is -0.352 e. The second-order valence-corrected chi connectivity index (χ2v) is 10.1. The molecule has 1 N–H and O–H groups in total. The molecular weight excluding hydrogens is 426 g/mol. The number of nitrogens with one attached hydrogen (secondary N) is 1. The highest BCUT2D eigenvalue weighted by Gasteiger charge is 2.35. The van der Waals surface area contributed by atoms with E-state index in [1.165, 1.54) is 22.0 Å². The molecule has 1 fully saturated rings. The van der Waals surface area contributed by atoms with Gasteiger partial charge in [-0.3, -0.25) is 9.59 Å². The number of nitrogens with zero attached hydrogens (tertiary/aromatic N) is 2. The Kier molecular flexibility index (Phi) is 7.36. The highest BCUT2D eigenvalue weighted by Crippen LogP contribution is 2.27. The van der Waals surface area contributed by atoms with Crippen molar-refractivity contribution in [3.8, 4) is 0 Å². The van der Waals surface area contributed by atoms with Crippen LogP contribution in [0.15, 0.2) is 47.4 Å². The van der Waals surface area contributed by atoms with E-state index >= 15 is 0 Å². The lowest BCUT2D eigenvalue weighted by Crippen LogP contribution is -2.33. The Bertz CT molecular complexity index is 1090. The summed E-state index contributed by atoms with van der Waals surface area (Å²) in [6.07, 6.45) is 0.137. The van der Waals surface area contributed by atoms with Crippen LogP contribution in [-0.2, 0) is 26.2 Å². The first kappa shape index (κ1) is 23.9. The van der Waals surface area contributed by atoms with E-state index in [4.69, 9.17) is 0 Å². The quantitative estimate of drug-likeness (QED) is 0.660. The van der Waals surface area contributed by atoms with Crippen molar-refractivity contribution in [1.29, 1.82) is 0 Å². The maximum Gasteiger partial charge on any atom is 0.243 e. The van der Waals surface area contributed by atoms with Crippen LogP contribution >= 0.6 is 0 Å². The minimum absolute atomic E-state index is 0.137. The Morgan fingerprint density at radius 3 is 2.34 bits per heavy atom. The topological polar surface area (TPSA) is 86.8 Å². The molecule has 0 spiro atoms. The molecule has 2 aromatic rings. The molecule has 1 atom stereocenters. The SMILES string of the molecule is CCN(CC)S(=O)(=O)c1ccc(N2CC(C(=O)NCc3ccc(C)cc3C)CC2=O)cc1. The number of carbonyl (C=O) groups excluding carboxylic acids is 2. The fraction of sp³-hybridized carbons (Fsp3) is 0.417. The van der Waals surface area contributed by atoms with Gasteiger partial charge in [-0.15, -0.1) is 0 Å². The summed E-state index contributed by atoms with van der Waals surface area (Å²) in [5.74, 6) is -0.732. The van der Waals surface area contributed by atoms with Crippen LogP contribution in [0.5, 0.6) is 0 Å². The predicted molar refractivity (Wildman–Crippen MR) is 125 cm³/mol. The molecule has 2 aromatic carbocycles. The molecule has 1 aliphatic heterocycles. The summed E-state index contributed by atoms with van der Waals surface area (Å²) < 4.78 is 26.7. The number of hydrogen-bond acceptors (Lipinski definition) is 4. The lowest BCUT2D eigenvalue weighted by Gasteiger charge is -2.20. The summed E-state index contributed by atoms with van der Waals surface area (Å²) in [5, 5.41) is 2.95. The average molecular weight is 458 g/mol. The molecule has 0 radical (unpaired) electrons. The molecule has 1 aliphatic rings. The van der Waals surface area contributed by atoms with Gasteiger partial charge in [-0.1, -0.05) is 37.6 Å². The van der Waals surface area contributed by atoms with E-state index in [1.807, 2.05) is 26.0 Å². The van der Waals surface area contributed by atoms with Crippen LogP contribution < -0.4 is 10.2 Å². The number of benzene rings is 2. The third-order valence-electron chi connectivity index (χ3n) is 5.94. The van der Waals surface area contributed by atoms with Crippen molar-refractivity contribution in [2.75, 3.05) is 24.5 Å². The van der Waals surface area contributed by atoms with E-state index in [1.54, 1.807) is 30.9 Å². The van der Waals surface area contributed by atoms with Gasteiger partial charge in [0.2, 0.25) is 21.8 Å². The fourth-order valence-corrected chi connectivity index (χ4v) is 5.47. The molecule has 1 heterocycles. The second kappa shape index (κ2) is 9.83. The summed E-state index contributed by atoms with van der Waals surface area (Å²) in [4.78, 5) is 27.0. The number of rotatable bonds is 8. The van der Waals surface area contributed by atoms with Crippen molar-refractivity contribution in [3.63, 3.8) is 0 Å². The Hall–Kier alpha value is -2.71. The van der Waals surface area contributed by atoms with Gasteiger partial charge in [0.25, 0.3) is 0 Å². The van der Waals surface area contributed by atoms with Crippen LogP contribution in [-0.4, -0.2) is 44.2 Å². The monoisotopic (exact) mass is 457 g/mol. The van der Waals surface area contributed by atoms with E-state index in [0.717, 1.165) is 11.1 Å². The lowest BCUT2D eigenvalue weighted by atomic mass is 10.0. The van der Waals surface area contributed by atoms with E-state index in [2.05, 4.69) is 11.4 Å². The van der Waals surface area contributed by atoms with Crippen LogP contribution in [0.2, 0.25) is 0 Å². The van der Waals surface area contributed by atoms with Crippen LogP contribution in [0.1, 0.15) is 37.0 Å². The maximum absolute atomic E-state index is 12.7. The minimum atomic E-state index is -3.55. The predicted octanol–water partition coefficient (Wildman–Crippen LogP) is 3.00. The van der Waals surface area contributed by atoms with Crippen molar-refractivity contribution >= 4 is 27.5 Å². The zero-order chi connectivity index (χ0) is 23.5. The van der Waals surface area contributed by atoms with E-state index in [-0.39, 0.29) is 29.7 Å². The first-order valence-corrected chi connectivity index (χ1v) is 12.4. The van der Waals surface area contributed by atoms with Gasteiger partial charge in [-0.25, -0.2) is 8.42 Å². The standard InChI is InChI=1S/C24H31N3O4S/c1-5-26(6-2)32(30,31)22-11-9-21(10-12-22)27-16-20(14-23(27)28)24(29)25-15-19-8-7-17(3)13-18(19)4/h7-13,20H,5-6,14-16H2,1-4H3,(H,25,29). The third-order valence-corrected chi connectivity index (χ3v) is 8.00. The molecule has 32 heavy (non-hydrogen) atoms. The van der Waals surface area contributed by atoms with Gasteiger partial charge in [0, 0.05) is 38.3 Å². The molecule has 1 unspecified atom stereocenters. The smallest absolute Gasteiger partial charge is 0.243 e. The largest absolute Gasteiger partial charge is 0.352 e. The Labute approximate surface area is 190 Å². The first-order valence-electron chi connectivity index (χ1n) is 10.9. The molecule has 2 amide bonds. The van der Waals surface area contributed by atoms with Crippen molar-refractivity contribution in [2.24, 2.45) is 5.92 Å². The summed E-state index contributed by atoms with van der Waals surface area (Å²) in [6, 6.07) is 12.4. The second-order valence-electron chi connectivity index (χ2n) is 8.14. The van der Waals surface area contributed by atoms with Crippen LogP contribution in [0.25, 0.3) is 0 Å². The molecule has 7 nitrogen and oxygen atoms in total. The molecule has 1 saturated heterocycles. The zero-order valence-electron chi connectivity index (χ0n) is 19.1. The summed E-state index contributed by atoms with van der Waals surface area (Å²) >= 11 is 0. The van der Waals surface area contributed by atoms with E-state index in [0.29, 0.717) is 25.3 Å². The molecule has 0 saturated carbocycles. The Morgan fingerprint density at radius 2 is 1.75 bits per heavy atom. The van der Waals surface area contributed by atoms with Crippen LogP contribution in [0.3, 0.4) is 0 Å². The highest BCUT2D eigenvalue weighted by atomic mass is 32.2. The van der Waals surface area contributed by atoms with Gasteiger partial charge in [0.15, 0.2) is 0 Å². The van der Waals surface area contributed by atoms with Crippen molar-refractivity contribution < 1.29 is 18.0 Å². The van der Waals surface area contributed by atoms with Crippen molar-refractivity contribution in [1.82, 2.24) is 9.62 Å². The molecule has 172 valence electrons. The zero-order valence-corrected chi connectivity index (χ0v) is 19.9. The first-order chi connectivity index (χ1) is 15.2. The molecule has 0 aromatic heterocycles. The van der Waals surface area contributed by atoms with E-state index < -0.39 is 15.9 Å². The van der Waals surface area contributed by atoms with Crippen LogP contribution in [0.4, 0.5) is 5.69 Å². The number of carbonyl (C=O) groups is 2. The fourth-order valence-electron chi connectivity index (χ4n) is 4.01. The van der Waals surface area contributed by atoms with Gasteiger partial charge in [-0.2, -0.15) is 4.31 Å². The highest BCUT2D eigenvalue weighted by molar-refractivity contribution is 7.89. The van der Waals surface area contributed by atoms with Gasteiger partial charge in [-0.05, 0) is 49.2 Å². The van der Waals surface area contributed by atoms with E-state index in [9.17, 15) is 18.0 Å². The number of amides is 2. The molecular formula is C24H31N3O4S. The van der Waals surface area contributed by atoms with Gasteiger partial charge in [0.1, 0.15) is 0 Å². The summed E-state index contributed by atoms with van der Waals surface area (Å²) in [7, 11) is -3.55. The number of aryl methyl sites for hydroxylation is 2. The summed E-state index contributed by atoms with van der Waals surface area (Å²) in [5.41, 5.74) is 3.94. The maximum atomic E-state index is 12.7. The van der Waals surface area contributed by atoms with Crippen molar-refractivity contribution in [2.45, 2.75) is 45.6 Å². The Balaban J connectivity index is 1.65. The Morgan fingerprint density at radius 1 is 1.09 bits per heavy atom. The van der Waals surface area contributed by atoms with Gasteiger partial charge < -0.3 is 10.2 Å². The lowest BCUT2D eigenvalue weighted by molar-refractivity contribution is -0.126. The molecule has 8 heteroatoms. The molecule has 0 aliphatic carbocycles. The van der Waals surface area contributed by atoms with Gasteiger partial charge in [0.05, 0.1) is 10.8 Å². The van der Waals surface area contributed by atoms with Crippen LogP contribution in [0, 0.1) is 19.8 Å². The number of anilines is 1. The number of sulfonamides is 1. The summed E-state index contributed by atoms with van der Waals surface area (Å²) in [6.45, 7) is 9.12. The average Bonchev–Trinajstić information content (AvgIpc) is 3.15. The third kappa shape index (κ3) is 5.02.